The van der Waals surface area contributed by atoms with Crippen molar-refractivity contribution in [1.29, 1.82) is 0 Å². The SMILES string of the molecule is C=C(C)C(=O)[P+](=O)C(CC(OCC)(OCC)OCC)(OCC)OCC. The van der Waals surface area contributed by atoms with Gasteiger partial charge in [-0.1, -0.05) is 11.1 Å². The second kappa shape index (κ2) is 11.8. The van der Waals surface area contributed by atoms with E-state index in [1.165, 1.54) is 6.92 Å². The molecule has 0 radical (unpaired) electrons. The fourth-order valence-electron chi connectivity index (χ4n) is 2.32. The molecule has 1 unspecified atom stereocenters. The third-order valence-electron chi connectivity index (χ3n) is 3.13. The van der Waals surface area contributed by atoms with Crippen LogP contribution in [0.25, 0.3) is 0 Å². The minimum atomic E-state index is -2.61. The molecule has 0 amide bonds. The normalized spacial score (nSPS) is 13.0. The van der Waals surface area contributed by atoms with Crippen LogP contribution in [-0.2, 0) is 33.0 Å². The maximum atomic E-state index is 13.0. The molecule has 0 fully saturated rings. The summed E-state index contributed by atoms with van der Waals surface area (Å²) in [5.41, 5.74) is -2.18. The van der Waals surface area contributed by atoms with Gasteiger partial charge in [0.25, 0.3) is 5.97 Å². The van der Waals surface area contributed by atoms with E-state index in [2.05, 4.69) is 6.58 Å². The molecule has 0 heterocycles. The van der Waals surface area contributed by atoms with Crippen molar-refractivity contribution in [2.75, 3.05) is 33.0 Å². The van der Waals surface area contributed by atoms with Crippen molar-refractivity contribution in [3.05, 3.63) is 12.2 Å². The van der Waals surface area contributed by atoms with Crippen LogP contribution < -0.4 is 0 Å². The van der Waals surface area contributed by atoms with Gasteiger partial charge in [-0.15, -0.1) is 0 Å². The van der Waals surface area contributed by atoms with Gasteiger partial charge in [0.05, 0.1) is 13.2 Å². The van der Waals surface area contributed by atoms with Gasteiger partial charge in [-0.3, -0.25) is 0 Å². The Morgan fingerprint density at radius 3 is 1.48 bits per heavy atom. The van der Waals surface area contributed by atoms with E-state index >= 15 is 0 Å². The lowest BCUT2D eigenvalue weighted by molar-refractivity contribution is -0.400. The summed E-state index contributed by atoms with van der Waals surface area (Å²) >= 11 is 0. The molecule has 0 N–H and O–H groups in total. The molecule has 25 heavy (non-hydrogen) atoms. The number of hydrogen-bond donors (Lipinski definition) is 0. The Bertz CT molecular complexity index is 427. The fourth-order valence-corrected chi connectivity index (χ4v) is 3.81. The van der Waals surface area contributed by atoms with Gasteiger partial charge >= 0.3 is 18.9 Å². The first kappa shape index (κ1) is 24.3. The first-order valence-corrected chi connectivity index (χ1v) is 9.90. The monoisotopic (exact) mass is 379 g/mol. The van der Waals surface area contributed by atoms with Crippen LogP contribution in [0.1, 0.15) is 48.0 Å². The summed E-state index contributed by atoms with van der Waals surface area (Å²) in [4.78, 5) is 12.3. The van der Waals surface area contributed by atoms with E-state index in [0.29, 0.717) is 19.8 Å². The Morgan fingerprint density at radius 1 is 0.840 bits per heavy atom. The van der Waals surface area contributed by atoms with E-state index in [9.17, 15) is 9.36 Å². The molecule has 7 nitrogen and oxygen atoms in total. The van der Waals surface area contributed by atoms with Gasteiger partial charge in [0.2, 0.25) is 0 Å². The van der Waals surface area contributed by atoms with E-state index in [-0.39, 0.29) is 25.2 Å². The lowest BCUT2D eigenvalue weighted by Crippen LogP contribution is -2.49. The van der Waals surface area contributed by atoms with Crippen molar-refractivity contribution >= 4 is 13.3 Å². The summed E-state index contributed by atoms with van der Waals surface area (Å²) in [6.45, 7) is 15.1. The Hall–Kier alpha value is -0.690. The molecule has 0 saturated carbocycles. The summed E-state index contributed by atoms with van der Waals surface area (Å²) in [6, 6.07) is 0. The van der Waals surface area contributed by atoms with Gasteiger partial charge in [0, 0.05) is 25.4 Å². The quantitative estimate of drug-likeness (QED) is 0.243. The van der Waals surface area contributed by atoms with Crippen LogP contribution in [0, 0.1) is 0 Å². The van der Waals surface area contributed by atoms with Crippen molar-refractivity contribution in [1.82, 2.24) is 0 Å². The van der Waals surface area contributed by atoms with E-state index < -0.39 is 24.8 Å². The van der Waals surface area contributed by atoms with Gasteiger partial charge in [-0.25, -0.2) is 4.79 Å². The maximum Gasteiger partial charge on any atom is 0.486 e. The van der Waals surface area contributed by atoms with Gasteiger partial charge in [-0.2, -0.15) is 0 Å². The van der Waals surface area contributed by atoms with Crippen molar-refractivity contribution in [2.24, 2.45) is 0 Å². The summed E-state index contributed by atoms with van der Waals surface area (Å²) in [6.07, 6.45) is -0.175. The van der Waals surface area contributed by atoms with Crippen molar-refractivity contribution in [2.45, 2.75) is 59.5 Å². The zero-order valence-corrected chi connectivity index (χ0v) is 17.1. The largest absolute Gasteiger partial charge is 0.486 e. The molecule has 0 aliphatic heterocycles. The second-order valence-electron chi connectivity index (χ2n) is 5.12. The van der Waals surface area contributed by atoms with E-state index in [1.54, 1.807) is 34.6 Å². The van der Waals surface area contributed by atoms with E-state index in [4.69, 9.17) is 23.7 Å². The van der Waals surface area contributed by atoms with Crippen LogP contribution in [0.4, 0.5) is 0 Å². The molecule has 0 aromatic heterocycles. The van der Waals surface area contributed by atoms with Gasteiger partial charge in [0.15, 0.2) is 0 Å². The Balaban J connectivity index is 6.02. The highest BCUT2D eigenvalue weighted by molar-refractivity contribution is 7.65. The average Bonchev–Trinajstić information content (AvgIpc) is 2.54. The standard InChI is InChI=1S/C17H32O7P/c1-8-20-16(21-9-2,22-10-3)13-17(23-11-4,24-12-5)25(19)15(18)14(6)7/h6,8-13H2,1-5,7H3/q+1. The smallest absolute Gasteiger partial charge is 0.327 e. The molecule has 8 heteroatoms. The van der Waals surface area contributed by atoms with Crippen molar-refractivity contribution < 1.29 is 33.0 Å². The number of hydrogen-bond acceptors (Lipinski definition) is 7. The van der Waals surface area contributed by atoms with Crippen LogP contribution >= 0.6 is 7.80 Å². The van der Waals surface area contributed by atoms with Crippen LogP contribution in [0.15, 0.2) is 12.2 Å². The van der Waals surface area contributed by atoms with Crippen molar-refractivity contribution in [3.8, 4) is 0 Å². The highest BCUT2D eigenvalue weighted by atomic mass is 31.1. The molecule has 146 valence electrons. The van der Waals surface area contributed by atoms with Crippen LogP contribution in [0.3, 0.4) is 0 Å². The van der Waals surface area contributed by atoms with Gasteiger partial charge in [-0.05, 0) is 41.5 Å². The Morgan fingerprint density at radius 2 is 1.20 bits per heavy atom. The molecular formula is C17H32O7P+. The predicted molar refractivity (Wildman–Crippen MR) is 95.6 cm³/mol. The Labute approximate surface area is 151 Å². The number of allylic oxidation sites excluding steroid dienone is 1. The molecule has 0 aromatic carbocycles. The first-order valence-electron chi connectivity index (χ1n) is 8.64. The highest BCUT2D eigenvalue weighted by Gasteiger charge is 2.62. The summed E-state index contributed by atoms with van der Waals surface area (Å²) in [5.74, 6) is -1.52. The van der Waals surface area contributed by atoms with E-state index in [0.717, 1.165) is 0 Å². The molecule has 0 aliphatic carbocycles. The highest BCUT2D eigenvalue weighted by Crippen LogP contribution is 2.49. The van der Waals surface area contributed by atoms with Crippen LogP contribution in [0.2, 0.25) is 0 Å². The molecule has 0 aromatic rings. The molecule has 0 saturated heterocycles. The van der Waals surface area contributed by atoms with Gasteiger partial charge < -0.3 is 23.7 Å². The lowest BCUT2D eigenvalue weighted by Gasteiger charge is -2.36. The van der Waals surface area contributed by atoms with E-state index in [1.807, 2.05) is 0 Å². The summed E-state index contributed by atoms with van der Waals surface area (Å²) in [5, 5.41) is 0. The Kier molecular flexibility index (Phi) is 11.5. The summed E-state index contributed by atoms with van der Waals surface area (Å²) < 4.78 is 41.4. The van der Waals surface area contributed by atoms with Crippen LogP contribution in [-0.4, -0.2) is 50.1 Å². The average molecular weight is 379 g/mol. The van der Waals surface area contributed by atoms with Crippen LogP contribution in [0.5, 0.6) is 0 Å². The van der Waals surface area contributed by atoms with Gasteiger partial charge in [0.1, 0.15) is 6.42 Å². The first-order chi connectivity index (χ1) is 11.8. The van der Waals surface area contributed by atoms with Crippen molar-refractivity contribution in [3.63, 3.8) is 0 Å². The molecule has 0 bridgehead atoms. The molecular weight excluding hydrogens is 347 g/mol. The molecule has 0 aliphatic rings. The second-order valence-corrected chi connectivity index (χ2v) is 6.79. The predicted octanol–water partition coefficient (Wildman–Crippen LogP) is 3.80. The third-order valence-corrected chi connectivity index (χ3v) is 4.92. The minimum Gasteiger partial charge on any atom is -0.327 e. The number of carbonyl (C=O) groups is 1. The lowest BCUT2D eigenvalue weighted by atomic mass is 10.3. The molecule has 1 atom stereocenters. The maximum absolute atomic E-state index is 13.0. The fraction of sp³-hybridized carbons (Fsp3) is 0.824. The number of carbonyl (C=O) groups excluding carboxylic acids is 1. The summed E-state index contributed by atoms with van der Waals surface area (Å²) in [7, 11) is -2.61. The molecule has 0 rings (SSSR count). The third kappa shape index (κ3) is 6.85. The zero-order valence-electron chi connectivity index (χ0n) is 16.3. The minimum absolute atomic E-state index is 0.166. The number of ether oxygens (including phenoxy) is 5. The zero-order chi connectivity index (χ0) is 19.5. The molecule has 0 spiro atoms. The number of rotatable bonds is 15. The topological polar surface area (TPSA) is 80.3 Å².